The van der Waals surface area contributed by atoms with Crippen LogP contribution in [0.15, 0.2) is 91.1 Å². The molecule has 30 heavy (non-hydrogen) atoms. The molecule has 1 radical (unpaired) electrons. The van der Waals surface area contributed by atoms with Gasteiger partial charge in [0.15, 0.2) is 0 Å². The summed E-state index contributed by atoms with van der Waals surface area (Å²) in [5, 5.41) is 3.26. The lowest BCUT2D eigenvalue weighted by atomic mass is 10.0. The quantitative estimate of drug-likeness (QED) is 0.421. The molecule has 4 aromatic rings. The average molecular weight is 410 g/mol. The van der Waals surface area contributed by atoms with Gasteiger partial charge in [-0.3, -0.25) is 4.79 Å². The molecule has 1 heterocycles. The summed E-state index contributed by atoms with van der Waals surface area (Å²) in [6.07, 6.45) is 1.48. The van der Waals surface area contributed by atoms with Crippen molar-refractivity contribution in [1.82, 2.24) is 4.98 Å². The summed E-state index contributed by atoms with van der Waals surface area (Å²) in [5.74, 6) is 0.108. The number of nitrogens with one attached hydrogen (secondary N) is 1. The van der Waals surface area contributed by atoms with Gasteiger partial charge in [-0.1, -0.05) is 66.2 Å². The van der Waals surface area contributed by atoms with Gasteiger partial charge in [-0.2, -0.15) is 0 Å². The van der Waals surface area contributed by atoms with E-state index >= 15 is 0 Å². The number of amides is 1. The van der Waals surface area contributed by atoms with Gasteiger partial charge in [0.2, 0.25) is 0 Å². The van der Waals surface area contributed by atoms with Gasteiger partial charge in [0.05, 0.1) is 5.02 Å². The smallest absolute Gasteiger partial charge is 0.306 e. The minimum atomic E-state index is -0.308. The molecule has 1 N–H and O–H groups in total. The largest absolute Gasteiger partial charge is 0.353 e. The summed E-state index contributed by atoms with van der Waals surface area (Å²) < 4.78 is 0. The van der Waals surface area contributed by atoms with Crippen LogP contribution in [0.3, 0.4) is 0 Å². The van der Waals surface area contributed by atoms with Crippen molar-refractivity contribution in [3.05, 3.63) is 118 Å². The van der Waals surface area contributed by atoms with E-state index in [1.54, 1.807) is 30.3 Å². The van der Waals surface area contributed by atoms with Crippen molar-refractivity contribution >= 4 is 29.0 Å². The van der Waals surface area contributed by atoms with Gasteiger partial charge in [0.25, 0.3) is 5.91 Å². The van der Waals surface area contributed by atoms with Crippen LogP contribution in [0.4, 0.5) is 11.5 Å². The molecule has 0 aliphatic heterocycles. The number of carbonyl (C=O) groups excluding carboxylic acids is 1. The SMILES string of the molecule is O=C(Nc1ccc(Cl)cn1)c1ccccc1[N+]#Cc1ccccc1-c1cc[c]cc1. The number of rotatable bonds is 3. The molecule has 4 rings (SSSR count). The molecule has 1 aromatic heterocycles. The molecular formula is C25H16ClN3O+. The number of carbonyl (C=O) groups is 1. The summed E-state index contributed by atoms with van der Waals surface area (Å²) in [7, 11) is 0. The summed E-state index contributed by atoms with van der Waals surface area (Å²) in [6, 6.07) is 32.1. The fraction of sp³-hybridized carbons (Fsp3) is 0. The Morgan fingerprint density at radius 3 is 2.53 bits per heavy atom. The van der Waals surface area contributed by atoms with Crippen LogP contribution in [-0.4, -0.2) is 10.9 Å². The first-order valence-corrected chi connectivity index (χ1v) is 9.63. The molecule has 0 saturated heterocycles. The first kappa shape index (κ1) is 19.4. The van der Waals surface area contributed by atoms with E-state index in [2.05, 4.69) is 27.3 Å². The Balaban J connectivity index is 1.65. The normalized spacial score (nSPS) is 10.0. The molecule has 0 spiro atoms. The van der Waals surface area contributed by atoms with Crippen LogP contribution in [-0.2, 0) is 0 Å². The number of anilines is 1. The third-order valence-electron chi connectivity index (χ3n) is 4.37. The molecular weight excluding hydrogens is 394 g/mol. The van der Waals surface area contributed by atoms with E-state index in [0.717, 1.165) is 16.7 Å². The summed E-state index contributed by atoms with van der Waals surface area (Å²) in [6.45, 7) is 0. The van der Waals surface area contributed by atoms with Crippen LogP contribution >= 0.6 is 11.6 Å². The highest BCUT2D eigenvalue weighted by Crippen LogP contribution is 2.25. The zero-order valence-corrected chi connectivity index (χ0v) is 16.6. The fourth-order valence-corrected chi connectivity index (χ4v) is 3.03. The van der Waals surface area contributed by atoms with Gasteiger partial charge in [-0.15, -0.1) is 0 Å². The van der Waals surface area contributed by atoms with Gasteiger partial charge >= 0.3 is 11.8 Å². The van der Waals surface area contributed by atoms with E-state index in [1.165, 1.54) is 6.20 Å². The second kappa shape index (κ2) is 9.04. The number of halogens is 1. The lowest BCUT2D eigenvalue weighted by Gasteiger charge is -2.03. The topological polar surface area (TPSA) is 46.4 Å². The molecule has 0 aliphatic rings. The first-order chi connectivity index (χ1) is 14.7. The molecule has 4 nitrogen and oxygen atoms in total. The van der Waals surface area contributed by atoms with E-state index < -0.39 is 0 Å². The fourth-order valence-electron chi connectivity index (χ4n) is 2.92. The highest BCUT2D eigenvalue weighted by molar-refractivity contribution is 6.30. The molecule has 0 bridgehead atoms. The number of hydrogen-bond acceptors (Lipinski definition) is 2. The maximum Gasteiger partial charge on any atom is 0.353 e. The van der Waals surface area contributed by atoms with Crippen molar-refractivity contribution in [2.45, 2.75) is 0 Å². The second-order valence-electron chi connectivity index (χ2n) is 6.39. The van der Waals surface area contributed by atoms with Crippen LogP contribution in [0.1, 0.15) is 15.9 Å². The molecule has 0 aliphatic carbocycles. The van der Waals surface area contributed by atoms with Gasteiger partial charge < -0.3 is 5.32 Å². The zero-order chi connectivity index (χ0) is 20.8. The van der Waals surface area contributed by atoms with E-state index in [9.17, 15) is 4.79 Å². The Morgan fingerprint density at radius 2 is 1.73 bits per heavy atom. The van der Waals surface area contributed by atoms with Crippen LogP contribution in [0.5, 0.6) is 0 Å². The summed E-state index contributed by atoms with van der Waals surface area (Å²) >= 11 is 5.85. The Kier molecular flexibility index (Phi) is 5.84. The number of para-hydroxylation sites is 1. The maximum atomic E-state index is 12.7. The molecule has 0 unspecified atom stereocenters. The number of hydrogen-bond donors (Lipinski definition) is 1. The van der Waals surface area contributed by atoms with Crippen molar-refractivity contribution in [2.24, 2.45) is 0 Å². The van der Waals surface area contributed by atoms with Crippen LogP contribution < -0.4 is 5.32 Å². The summed E-state index contributed by atoms with van der Waals surface area (Å²) in [4.78, 5) is 21.3. The molecule has 143 valence electrons. The highest BCUT2D eigenvalue weighted by Gasteiger charge is 2.18. The lowest BCUT2D eigenvalue weighted by Crippen LogP contribution is -2.12. The predicted octanol–water partition coefficient (Wildman–Crippen LogP) is 6.47. The van der Waals surface area contributed by atoms with Crippen molar-refractivity contribution in [2.75, 3.05) is 5.32 Å². The van der Waals surface area contributed by atoms with Crippen LogP contribution in [0.25, 0.3) is 16.0 Å². The molecule has 0 saturated carbocycles. The zero-order valence-electron chi connectivity index (χ0n) is 15.8. The second-order valence-corrected chi connectivity index (χ2v) is 6.83. The van der Waals surface area contributed by atoms with E-state index in [0.29, 0.717) is 22.1 Å². The molecule has 3 aromatic carbocycles. The molecule has 5 heteroatoms. The minimum Gasteiger partial charge on any atom is -0.306 e. The standard InChI is InChI=1S/C25H15ClN3O/c26-20-14-15-24(28-17-20)29-25(30)22-12-6-7-13-23(22)27-16-19-10-4-5-11-21(19)18-8-2-1-3-9-18/h2-15,17H/p+1. The number of benzene rings is 3. The lowest BCUT2D eigenvalue weighted by molar-refractivity contribution is 0.102. The van der Waals surface area contributed by atoms with E-state index in [-0.39, 0.29) is 5.91 Å². The van der Waals surface area contributed by atoms with Crippen molar-refractivity contribution in [3.63, 3.8) is 0 Å². The third kappa shape index (κ3) is 4.54. The van der Waals surface area contributed by atoms with Crippen molar-refractivity contribution in [3.8, 4) is 17.2 Å². The molecule has 0 atom stereocenters. The van der Waals surface area contributed by atoms with E-state index in [4.69, 9.17) is 11.6 Å². The Morgan fingerprint density at radius 1 is 0.967 bits per heavy atom. The van der Waals surface area contributed by atoms with Crippen molar-refractivity contribution < 1.29 is 4.79 Å². The van der Waals surface area contributed by atoms with Gasteiger partial charge in [0, 0.05) is 17.8 Å². The first-order valence-electron chi connectivity index (χ1n) is 9.25. The van der Waals surface area contributed by atoms with Crippen LogP contribution in [0.2, 0.25) is 5.02 Å². The number of nitrogens with zero attached hydrogens (tertiary/aromatic N) is 2. The number of aromatic nitrogens is 1. The monoisotopic (exact) mass is 409 g/mol. The van der Waals surface area contributed by atoms with Crippen molar-refractivity contribution in [1.29, 1.82) is 0 Å². The van der Waals surface area contributed by atoms with Gasteiger partial charge in [-0.05, 0) is 40.7 Å². The van der Waals surface area contributed by atoms with Gasteiger partial charge in [-0.25, -0.2) is 4.98 Å². The maximum absolute atomic E-state index is 12.7. The highest BCUT2D eigenvalue weighted by atomic mass is 35.5. The Hall–Kier alpha value is -3.94. The Bertz CT molecular complexity index is 1240. The Labute approximate surface area is 179 Å². The average Bonchev–Trinajstić information content (AvgIpc) is 2.80. The van der Waals surface area contributed by atoms with Crippen LogP contribution in [0, 0.1) is 12.1 Å². The predicted molar refractivity (Wildman–Crippen MR) is 120 cm³/mol. The van der Waals surface area contributed by atoms with E-state index in [1.807, 2.05) is 54.6 Å². The number of pyridine rings is 1. The third-order valence-corrected chi connectivity index (χ3v) is 4.59. The molecule has 0 fully saturated rings. The minimum absolute atomic E-state index is 0.308. The molecule has 1 amide bonds. The summed E-state index contributed by atoms with van der Waals surface area (Å²) in [5.41, 5.74) is 3.82. The van der Waals surface area contributed by atoms with Gasteiger partial charge in [0.1, 0.15) is 16.9 Å².